The third-order valence-corrected chi connectivity index (χ3v) is 2.68. The summed E-state index contributed by atoms with van der Waals surface area (Å²) in [4.78, 5) is 24.4. The van der Waals surface area contributed by atoms with Crippen LogP contribution in [-0.4, -0.2) is 43.1 Å². The number of rotatable bonds is 4. The van der Waals surface area contributed by atoms with E-state index in [1.807, 2.05) is 13.8 Å². The minimum absolute atomic E-state index is 0.0977. The van der Waals surface area contributed by atoms with Crippen molar-refractivity contribution in [2.24, 2.45) is 5.92 Å². The van der Waals surface area contributed by atoms with Crippen molar-refractivity contribution in [1.82, 2.24) is 10.2 Å². The molecule has 2 unspecified atom stereocenters. The van der Waals surface area contributed by atoms with Gasteiger partial charge < -0.3 is 9.64 Å². The first-order valence-electron chi connectivity index (χ1n) is 5.16. The Kier molecular flexibility index (Phi) is 4.08. The Balaban J connectivity index is 2.53. The van der Waals surface area contributed by atoms with Gasteiger partial charge in [-0.1, -0.05) is 6.92 Å². The summed E-state index contributed by atoms with van der Waals surface area (Å²) in [5.41, 5.74) is 0. The summed E-state index contributed by atoms with van der Waals surface area (Å²) in [5.74, 6) is -0.317. The summed E-state index contributed by atoms with van der Waals surface area (Å²) < 4.78 is 4.96. The lowest BCUT2D eigenvalue weighted by Crippen LogP contribution is -2.56. The van der Waals surface area contributed by atoms with Crippen LogP contribution >= 0.6 is 0 Å². The smallest absolute Gasteiger partial charge is 0.324 e. The van der Waals surface area contributed by atoms with E-state index in [4.69, 9.17) is 4.74 Å². The molecule has 0 spiro atoms. The summed E-state index contributed by atoms with van der Waals surface area (Å²) in [6.45, 7) is 4.89. The van der Waals surface area contributed by atoms with Crippen molar-refractivity contribution in [3.8, 4) is 0 Å². The first-order chi connectivity index (χ1) is 7.06. The molecule has 3 amide bonds. The predicted molar refractivity (Wildman–Crippen MR) is 55.4 cm³/mol. The second-order valence-electron chi connectivity index (χ2n) is 3.98. The molecule has 1 fully saturated rings. The zero-order valence-corrected chi connectivity index (χ0v) is 9.45. The molecule has 0 bridgehead atoms. The van der Waals surface area contributed by atoms with Gasteiger partial charge in [-0.25, -0.2) is 4.79 Å². The molecule has 1 saturated heterocycles. The predicted octanol–water partition coefficient (Wildman–Crippen LogP) is 0.599. The number of nitrogens with zero attached hydrogens (tertiary/aromatic N) is 1. The highest BCUT2D eigenvalue weighted by Crippen LogP contribution is 2.13. The Bertz CT molecular complexity index is 255. The third kappa shape index (κ3) is 2.92. The highest BCUT2D eigenvalue weighted by Gasteiger charge is 2.31. The lowest BCUT2D eigenvalue weighted by atomic mass is 10.1. The normalized spacial score (nSPS) is 23.9. The maximum Gasteiger partial charge on any atom is 0.324 e. The van der Waals surface area contributed by atoms with E-state index in [1.165, 1.54) is 0 Å². The zero-order chi connectivity index (χ0) is 11.4. The average molecular weight is 214 g/mol. The minimum atomic E-state index is -0.290. The minimum Gasteiger partial charge on any atom is -0.385 e. The fourth-order valence-corrected chi connectivity index (χ4v) is 1.59. The third-order valence-electron chi connectivity index (χ3n) is 2.68. The average Bonchev–Trinajstić information content (AvgIpc) is 2.20. The molecule has 1 heterocycles. The Labute approximate surface area is 89.8 Å². The van der Waals surface area contributed by atoms with E-state index < -0.39 is 0 Å². The Hall–Kier alpha value is -1.10. The molecule has 86 valence electrons. The number of imide groups is 1. The van der Waals surface area contributed by atoms with Crippen molar-refractivity contribution in [2.75, 3.05) is 20.3 Å². The SMILES string of the molecule is COCCC(C)N1CC(C)C(=O)NC1=O. The highest BCUT2D eigenvalue weighted by atomic mass is 16.5. The van der Waals surface area contributed by atoms with Gasteiger partial charge in [0.25, 0.3) is 0 Å². The summed E-state index contributed by atoms with van der Waals surface area (Å²) in [7, 11) is 1.63. The summed E-state index contributed by atoms with van der Waals surface area (Å²) in [6, 6.07) is -0.192. The van der Waals surface area contributed by atoms with E-state index in [0.717, 1.165) is 6.42 Å². The number of hydrogen-bond acceptors (Lipinski definition) is 3. The molecule has 0 aromatic rings. The molecule has 2 atom stereocenters. The molecule has 0 aliphatic carbocycles. The van der Waals surface area contributed by atoms with Crippen molar-refractivity contribution in [2.45, 2.75) is 26.3 Å². The second kappa shape index (κ2) is 5.11. The molecular formula is C10H18N2O3. The van der Waals surface area contributed by atoms with Crippen LogP contribution in [0.15, 0.2) is 0 Å². The van der Waals surface area contributed by atoms with Crippen LogP contribution in [0, 0.1) is 5.92 Å². The molecule has 15 heavy (non-hydrogen) atoms. The molecule has 1 rings (SSSR count). The van der Waals surface area contributed by atoms with Gasteiger partial charge in [-0.15, -0.1) is 0 Å². The number of hydrogen-bond donors (Lipinski definition) is 1. The number of carbonyl (C=O) groups is 2. The van der Waals surface area contributed by atoms with Gasteiger partial charge in [0.2, 0.25) is 5.91 Å². The van der Waals surface area contributed by atoms with Gasteiger partial charge >= 0.3 is 6.03 Å². The van der Waals surface area contributed by atoms with Crippen LogP contribution in [0.5, 0.6) is 0 Å². The van der Waals surface area contributed by atoms with Crippen LogP contribution in [0.4, 0.5) is 4.79 Å². The largest absolute Gasteiger partial charge is 0.385 e. The quantitative estimate of drug-likeness (QED) is 0.745. The monoisotopic (exact) mass is 214 g/mol. The van der Waals surface area contributed by atoms with Gasteiger partial charge in [-0.3, -0.25) is 10.1 Å². The van der Waals surface area contributed by atoms with Crippen LogP contribution in [0.25, 0.3) is 0 Å². The maximum atomic E-state index is 11.5. The van der Waals surface area contributed by atoms with Crippen molar-refractivity contribution in [3.05, 3.63) is 0 Å². The van der Waals surface area contributed by atoms with E-state index in [1.54, 1.807) is 12.0 Å². The summed E-state index contributed by atoms with van der Waals surface area (Å²) in [5, 5.41) is 2.34. The molecule has 1 N–H and O–H groups in total. The van der Waals surface area contributed by atoms with Crippen molar-refractivity contribution in [3.63, 3.8) is 0 Å². The first kappa shape index (κ1) is 12.0. The topological polar surface area (TPSA) is 58.6 Å². The molecule has 0 saturated carbocycles. The molecule has 5 nitrogen and oxygen atoms in total. The van der Waals surface area contributed by atoms with E-state index in [-0.39, 0.29) is 23.9 Å². The number of methoxy groups -OCH3 is 1. The van der Waals surface area contributed by atoms with Crippen molar-refractivity contribution in [1.29, 1.82) is 0 Å². The summed E-state index contributed by atoms with van der Waals surface area (Å²) >= 11 is 0. The van der Waals surface area contributed by atoms with Crippen molar-refractivity contribution >= 4 is 11.9 Å². The number of ether oxygens (including phenoxy) is 1. The lowest BCUT2D eigenvalue weighted by molar-refractivity contribution is -0.125. The van der Waals surface area contributed by atoms with Gasteiger partial charge in [-0.2, -0.15) is 0 Å². The van der Waals surface area contributed by atoms with Crippen LogP contribution in [0.3, 0.4) is 0 Å². The van der Waals surface area contributed by atoms with E-state index in [0.29, 0.717) is 13.2 Å². The first-order valence-corrected chi connectivity index (χ1v) is 5.16. The van der Waals surface area contributed by atoms with Crippen LogP contribution in [0.1, 0.15) is 20.3 Å². The lowest BCUT2D eigenvalue weighted by Gasteiger charge is -2.34. The Morgan fingerprint density at radius 2 is 2.27 bits per heavy atom. The number of nitrogens with one attached hydrogen (secondary N) is 1. The van der Waals surface area contributed by atoms with Gasteiger partial charge in [0.1, 0.15) is 0 Å². The number of amides is 3. The number of urea groups is 1. The van der Waals surface area contributed by atoms with Gasteiger partial charge in [-0.05, 0) is 13.3 Å². The second-order valence-corrected chi connectivity index (χ2v) is 3.98. The van der Waals surface area contributed by atoms with Crippen molar-refractivity contribution < 1.29 is 14.3 Å². The molecule has 0 radical (unpaired) electrons. The van der Waals surface area contributed by atoms with Gasteiger partial charge in [0.05, 0.1) is 5.92 Å². The molecule has 0 aromatic carbocycles. The number of carbonyl (C=O) groups excluding carboxylic acids is 2. The molecule has 1 aliphatic heterocycles. The fraction of sp³-hybridized carbons (Fsp3) is 0.800. The highest BCUT2D eigenvalue weighted by molar-refractivity contribution is 5.97. The fourth-order valence-electron chi connectivity index (χ4n) is 1.59. The molecule has 0 aromatic heterocycles. The standard InChI is InChI=1S/C10H18N2O3/c1-7-6-12(8(2)4-5-15-3)10(14)11-9(7)13/h7-8H,4-6H2,1-3H3,(H,11,13,14). The Morgan fingerprint density at radius 1 is 1.60 bits per heavy atom. The van der Waals surface area contributed by atoms with E-state index in [9.17, 15) is 9.59 Å². The van der Waals surface area contributed by atoms with Gasteiger partial charge in [0, 0.05) is 26.3 Å². The molecule has 5 heteroatoms. The summed E-state index contributed by atoms with van der Waals surface area (Å²) in [6.07, 6.45) is 0.783. The van der Waals surface area contributed by atoms with Crippen LogP contribution in [0.2, 0.25) is 0 Å². The van der Waals surface area contributed by atoms with Crippen LogP contribution < -0.4 is 5.32 Å². The van der Waals surface area contributed by atoms with E-state index in [2.05, 4.69) is 5.32 Å². The van der Waals surface area contributed by atoms with Gasteiger partial charge in [0.15, 0.2) is 0 Å². The van der Waals surface area contributed by atoms with Crippen LogP contribution in [-0.2, 0) is 9.53 Å². The Morgan fingerprint density at radius 3 is 2.87 bits per heavy atom. The molecule has 1 aliphatic rings. The molecular weight excluding hydrogens is 196 g/mol. The van der Waals surface area contributed by atoms with E-state index >= 15 is 0 Å². The zero-order valence-electron chi connectivity index (χ0n) is 9.45. The maximum absolute atomic E-state index is 11.5.